The van der Waals surface area contributed by atoms with Crippen molar-refractivity contribution in [2.45, 2.75) is 25.9 Å². The normalized spacial score (nSPS) is 12.1. The average molecular weight is 272 g/mol. The molecule has 0 aromatic carbocycles. The molecule has 0 fully saturated rings. The first kappa shape index (κ1) is 13.0. The number of rotatable bonds is 2. The monoisotopic (exact) mass is 272 g/mol. The van der Waals surface area contributed by atoms with Gasteiger partial charge in [0, 0.05) is 17.3 Å². The molecule has 0 spiro atoms. The fraction of sp³-hybridized carbons (Fsp3) is 0.333. The minimum Gasteiger partial charge on any atom is -0.254 e. The molecule has 2 heterocycles. The predicted octanol–water partition coefficient (Wildman–Crippen LogP) is 4.35. The smallest absolute Gasteiger partial charge is 0.254 e. The summed E-state index contributed by atoms with van der Waals surface area (Å²) < 4.78 is 37.7. The highest BCUT2D eigenvalue weighted by atomic mass is 32.1. The summed E-state index contributed by atoms with van der Waals surface area (Å²) in [5.74, 6) is 0.307. The SMILES string of the molecule is CC(C)c1cnc(-c2cc(C(F)(F)F)ccn2)s1. The average Bonchev–Trinajstić information content (AvgIpc) is 2.77. The molecule has 0 saturated heterocycles. The number of hydrogen-bond acceptors (Lipinski definition) is 3. The molecule has 0 radical (unpaired) electrons. The Labute approximate surface area is 107 Å². The van der Waals surface area contributed by atoms with Crippen molar-refractivity contribution < 1.29 is 13.2 Å². The number of thiazole rings is 1. The summed E-state index contributed by atoms with van der Waals surface area (Å²) in [6.07, 6.45) is -1.50. The summed E-state index contributed by atoms with van der Waals surface area (Å²) in [7, 11) is 0. The van der Waals surface area contributed by atoms with Crippen LogP contribution in [0.2, 0.25) is 0 Å². The zero-order valence-corrected chi connectivity index (χ0v) is 10.6. The van der Waals surface area contributed by atoms with Gasteiger partial charge >= 0.3 is 6.18 Å². The van der Waals surface area contributed by atoms with Crippen LogP contribution in [-0.4, -0.2) is 9.97 Å². The van der Waals surface area contributed by atoms with Crippen LogP contribution in [0.4, 0.5) is 13.2 Å². The summed E-state index contributed by atoms with van der Waals surface area (Å²) >= 11 is 1.37. The number of pyridine rings is 1. The molecule has 2 aromatic heterocycles. The molecule has 0 aliphatic rings. The second-order valence-corrected chi connectivity index (χ2v) is 5.21. The molecule has 0 bridgehead atoms. The maximum atomic E-state index is 12.6. The number of alkyl halides is 3. The summed E-state index contributed by atoms with van der Waals surface area (Å²) in [4.78, 5) is 9.09. The zero-order valence-electron chi connectivity index (χ0n) is 9.82. The minimum atomic E-state index is -4.35. The van der Waals surface area contributed by atoms with Crippen LogP contribution in [0.1, 0.15) is 30.2 Å². The molecule has 2 rings (SSSR count). The van der Waals surface area contributed by atoms with Gasteiger partial charge in [-0.05, 0) is 18.1 Å². The van der Waals surface area contributed by atoms with E-state index >= 15 is 0 Å². The Balaban J connectivity index is 2.38. The summed E-state index contributed by atoms with van der Waals surface area (Å²) in [6.45, 7) is 4.02. The molecule has 6 heteroatoms. The highest BCUT2D eigenvalue weighted by Gasteiger charge is 2.31. The maximum Gasteiger partial charge on any atom is 0.416 e. The Morgan fingerprint density at radius 3 is 2.50 bits per heavy atom. The molecule has 0 N–H and O–H groups in total. The van der Waals surface area contributed by atoms with Crippen LogP contribution in [-0.2, 0) is 6.18 Å². The van der Waals surface area contributed by atoms with Crippen LogP contribution in [0, 0.1) is 0 Å². The Kier molecular flexibility index (Phi) is 3.38. The van der Waals surface area contributed by atoms with Gasteiger partial charge in [-0.2, -0.15) is 13.2 Å². The Morgan fingerprint density at radius 1 is 1.22 bits per heavy atom. The maximum absolute atomic E-state index is 12.6. The lowest BCUT2D eigenvalue weighted by Gasteiger charge is -2.06. The third kappa shape index (κ3) is 2.69. The Bertz CT molecular complexity index is 546. The molecule has 0 atom stereocenters. The molecule has 96 valence electrons. The summed E-state index contributed by atoms with van der Waals surface area (Å²) in [6, 6.07) is 1.99. The van der Waals surface area contributed by atoms with Crippen molar-refractivity contribution in [3.05, 3.63) is 35.0 Å². The largest absolute Gasteiger partial charge is 0.416 e. The fourth-order valence-corrected chi connectivity index (χ4v) is 2.28. The van der Waals surface area contributed by atoms with Gasteiger partial charge in [0.2, 0.25) is 0 Å². The highest BCUT2D eigenvalue weighted by Crippen LogP contribution is 2.33. The van der Waals surface area contributed by atoms with Gasteiger partial charge in [0.05, 0.1) is 11.3 Å². The first-order valence-electron chi connectivity index (χ1n) is 5.37. The highest BCUT2D eigenvalue weighted by molar-refractivity contribution is 7.15. The third-order valence-corrected chi connectivity index (χ3v) is 3.72. The van der Waals surface area contributed by atoms with Crippen molar-refractivity contribution in [1.29, 1.82) is 0 Å². The van der Waals surface area contributed by atoms with E-state index in [0.717, 1.165) is 23.2 Å². The number of hydrogen-bond donors (Lipinski definition) is 0. The molecule has 0 aliphatic carbocycles. The van der Waals surface area contributed by atoms with E-state index < -0.39 is 11.7 Å². The molecular weight excluding hydrogens is 261 g/mol. The van der Waals surface area contributed by atoms with Gasteiger partial charge in [-0.25, -0.2) is 4.98 Å². The molecular formula is C12H11F3N2S. The lowest BCUT2D eigenvalue weighted by Crippen LogP contribution is -2.05. The molecule has 2 nitrogen and oxygen atoms in total. The molecule has 18 heavy (non-hydrogen) atoms. The summed E-state index contributed by atoms with van der Waals surface area (Å²) in [5.41, 5.74) is -0.435. The molecule has 0 aliphatic heterocycles. The van der Waals surface area contributed by atoms with Crippen molar-refractivity contribution >= 4 is 11.3 Å². The Hall–Kier alpha value is -1.43. The van der Waals surface area contributed by atoms with E-state index in [1.165, 1.54) is 11.3 Å². The van der Waals surface area contributed by atoms with Gasteiger partial charge in [0.15, 0.2) is 0 Å². The number of aromatic nitrogens is 2. The van der Waals surface area contributed by atoms with Crippen LogP contribution in [0.3, 0.4) is 0 Å². The van der Waals surface area contributed by atoms with Crippen LogP contribution >= 0.6 is 11.3 Å². The molecule has 0 amide bonds. The quantitative estimate of drug-likeness (QED) is 0.812. The summed E-state index contributed by atoms with van der Waals surface area (Å²) in [5, 5.41) is 0.518. The van der Waals surface area contributed by atoms with E-state index in [2.05, 4.69) is 9.97 Å². The lowest BCUT2D eigenvalue weighted by molar-refractivity contribution is -0.137. The molecule has 2 aromatic rings. The van der Waals surface area contributed by atoms with E-state index in [-0.39, 0.29) is 5.69 Å². The van der Waals surface area contributed by atoms with Gasteiger partial charge in [0.25, 0.3) is 0 Å². The van der Waals surface area contributed by atoms with E-state index in [0.29, 0.717) is 10.9 Å². The van der Waals surface area contributed by atoms with Crippen LogP contribution < -0.4 is 0 Å². The van der Waals surface area contributed by atoms with Crippen molar-refractivity contribution in [2.75, 3.05) is 0 Å². The van der Waals surface area contributed by atoms with Crippen molar-refractivity contribution in [3.8, 4) is 10.7 Å². The Morgan fingerprint density at radius 2 is 1.94 bits per heavy atom. The minimum absolute atomic E-state index is 0.265. The van der Waals surface area contributed by atoms with Gasteiger partial charge in [-0.3, -0.25) is 4.98 Å². The van der Waals surface area contributed by atoms with E-state index in [1.54, 1.807) is 6.20 Å². The van der Waals surface area contributed by atoms with E-state index in [1.807, 2.05) is 13.8 Å². The lowest BCUT2D eigenvalue weighted by atomic mass is 10.2. The first-order valence-corrected chi connectivity index (χ1v) is 6.19. The fourth-order valence-electron chi connectivity index (χ4n) is 1.40. The van der Waals surface area contributed by atoms with Gasteiger partial charge in [0.1, 0.15) is 5.01 Å². The van der Waals surface area contributed by atoms with Gasteiger partial charge < -0.3 is 0 Å². The molecule has 0 unspecified atom stereocenters. The predicted molar refractivity (Wildman–Crippen MR) is 64.4 cm³/mol. The second-order valence-electron chi connectivity index (χ2n) is 4.15. The zero-order chi connectivity index (χ0) is 13.3. The standard InChI is InChI=1S/C12H11F3N2S/c1-7(2)10-6-17-11(18-10)9-5-8(3-4-16-9)12(13,14)15/h3-7H,1-2H3. The third-order valence-electron chi connectivity index (χ3n) is 2.40. The first-order chi connectivity index (χ1) is 8.38. The van der Waals surface area contributed by atoms with Crippen LogP contribution in [0.5, 0.6) is 0 Å². The van der Waals surface area contributed by atoms with Crippen molar-refractivity contribution in [3.63, 3.8) is 0 Å². The topological polar surface area (TPSA) is 25.8 Å². The van der Waals surface area contributed by atoms with Crippen molar-refractivity contribution in [2.24, 2.45) is 0 Å². The van der Waals surface area contributed by atoms with Crippen LogP contribution in [0.25, 0.3) is 10.7 Å². The van der Waals surface area contributed by atoms with E-state index in [4.69, 9.17) is 0 Å². The molecule has 0 saturated carbocycles. The number of halogens is 3. The number of nitrogens with zero attached hydrogens (tertiary/aromatic N) is 2. The van der Waals surface area contributed by atoms with Gasteiger partial charge in [-0.1, -0.05) is 13.8 Å². The van der Waals surface area contributed by atoms with Gasteiger partial charge in [-0.15, -0.1) is 11.3 Å². The van der Waals surface area contributed by atoms with Crippen LogP contribution in [0.15, 0.2) is 24.5 Å². The van der Waals surface area contributed by atoms with E-state index in [9.17, 15) is 13.2 Å². The second kappa shape index (κ2) is 4.68. The van der Waals surface area contributed by atoms with Crippen molar-refractivity contribution in [1.82, 2.24) is 9.97 Å².